The molecule has 2 N–H and O–H groups in total. The number of halogens is 3. The number of carbonyl (C=O) groups excluding carboxylic acids is 1. The molecule has 0 aliphatic heterocycles. The maximum absolute atomic E-state index is 12.6. The molecule has 1 amide bonds. The fourth-order valence-corrected chi connectivity index (χ4v) is 3.20. The Morgan fingerprint density at radius 3 is 2.56 bits per heavy atom. The van der Waals surface area contributed by atoms with Gasteiger partial charge in [0.25, 0.3) is 0 Å². The van der Waals surface area contributed by atoms with Crippen LogP contribution < -0.4 is 20.1 Å². The summed E-state index contributed by atoms with van der Waals surface area (Å²) in [5.74, 6) is 0.190. The maximum atomic E-state index is 12.6. The summed E-state index contributed by atoms with van der Waals surface area (Å²) in [4.78, 5) is 24.4. The van der Waals surface area contributed by atoms with Gasteiger partial charge in [-0.15, -0.1) is 0 Å². The molecule has 4 aromatic rings. The number of pyridine rings is 1. The monoisotopic (exact) mass is 495 g/mol. The van der Waals surface area contributed by atoms with Crippen LogP contribution in [0.3, 0.4) is 0 Å². The Morgan fingerprint density at radius 1 is 1.06 bits per heavy atom. The van der Waals surface area contributed by atoms with Crippen molar-refractivity contribution in [2.75, 3.05) is 24.4 Å². The zero-order valence-corrected chi connectivity index (χ0v) is 18.9. The third-order valence-electron chi connectivity index (χ3n) is 4.84. The number of anilines is 3. The number of aromatic nitrogens is 3. The van der Waals surface area contributed by atoms with E-state index in [2.05, 4.69) is 25.6 Å². The van der Waals surface area contributed by atoms with Crippen molar-refractivity contribution in [3.05, 3.63) is 78.9 Å². The second-order valence-corrected chi connectivity index (χ2v) is 7.46. The highest BCUT2D eigenvalue weighted by atomic mass is 19.4. The van der Waals surface area contributed by atoms with Crippen LogP contribution in [0, 0.1) is 0 Å². The molecule has 184 valence electrons. The molecule has 0 fully saturated rings. The van der Waals surface area contributed by atoms with Gasteiger partial charge in [-0.1, -0.05) is 12.1 Å². The highest BCUT2D eigenvalue weighted by Gasteiger charge is 2.29. The number of methoxy groups -OCH3 is 1. The minimum Gasteiger partial charge on any atom is -0.493 e. The summed E-state index contributed by atoms with van der Waals surface area (Å²) in [5.41, 5.74) is 2.47. The lowest BCUT2D eigenvalue weighted by molar-refractivity contribution is -0.153. The van der Waals surface area contributed by atoms with Crippen LogP contribution in [-0.4, -0.2) is 40.8 Å². The summed E-state index contributed by atoms with van der Waals surface area (Å²) >= 11 is 0. The van der Waals surface area contributed by atoms with Gasteiger partial charge in [0, 0.05) is 29.4 Å². The van der Waals surface area contributed by atoms with Crippen LogP contribution in [0.15, 0.2) is 73.3 Å². The molecular weight excluding hydrogens is 475 g/mol. The molecule has 0 saturated heterocycles. The lowest BCUT2D eigenvalue weighted by Gasteiger charge is -2.14. The van der Waals surface area contributed by atoms with Crippen molar-refractivity contribution in [2.45, 2.75) is 6.18 Å². The molecule has 4 rings (SSSR count). The molecule has 0 aliphatic rings. The van der Waals surface area contributed by atoms with E-state index in [1.807, 2.05) is 12.1 Å². The number of nitrogens with one attached hydrogen (secondary N) is 2. The highest BCUT2D eigenvalue weighted by molar-refractivity contribution is 6.01. The Hall–Kier alpha value is -4.67. The van der Waals surface area contributed by atoms with Crippen molar-refractivity contribution in [1.82, 2.24) is 15.0 Å². The zero-order chi connectivity index (χ0) is 25.5. The fraction of sp³-hybridized carbons (Fsp3) is 0.120. The molecule has 2 aromatic heterocycles. The van der Waals surface area contributed by atoms with Crippen molar-refractivity contribution < 1.29 is 27.4 Å². The number of alkyl halides is 3. The quantitative estimate of drug-likeness (QED) is 0.317. The Labute approximate surface area is 203 Å². The van der Waals surface area contributed by atoms with E-state index in [1.54, 1.807) is 42.7 Å². The second kappa shape index (κ2) is 10.7. The summed E-state index contributed by atoms with van der Waals surface area (Å²) in [6, 6.07) is 13.6. The number of ether oxygens (including phenoxy) is 2. The number of fused-ring (bicyclic) bond motifs is 1. The smallest absolute Gasteiger partial charge is 0.422 e. The van der Waals surface area contributed by atoms with E-state index in [0.29, 0.717) is 28.1 Å². The Bertz CT molecular complexity index is 1380. The molecule has 0 aliphatic carbocycles. The predicted molar refractivity (Wildman–Crippen MR) is 129 cm³/mol. The number of amides is 1. The third-order valence-corrected chi connectivity index (χ3v) is 4.84. The van der Waals surface area contributed by atoms with E-state index in [1.165, 1.54) is 31.6 Å². The van der Waals surface area contributed by atoms with Gasteiger partial charge >= 0.3 is 6.18 Å². The molecule has 11 heteroatoms. The summed E-state index contributed by atoms with van der Waals surface area (Å²) < 4.78 is 47.8. The Kier molecular flexibility index (Phi) is 7.28. The van der Waals surface area contributed by atoms with E-state index in [4.69, 9.17) is 9.47 Å². The number of hydrogen-bond donors (Lipinski definition) is 2. The fourth-order valence-electron chi connectivity index (χ4n) is 3.20. The van der Waals surface area contributed by atoms with Gasteiger partial charge in [-0.3, -0.25) is 9.78 Å². The number of nitrogens with zero attached hydrogens (tertiary/aromatic N) is 3. The molecule has 2 aromatic carbocycles. The Balaban J connectivity index is 1.47. The molecule has 0 atom stereocenters. The van der Waals surface area contributed by atoms with Crippen molar-refractivity contribution in [1.29, 1.82) is 0 Å². The van der Waals surface area contributed by atoms with Crippen LogP contribution in [0.5, 0.6) is 11.5 Å². The Morgan fingerprint density at radius 2 is 1.86 bits per heavy atom. The maximum Gasteiger partial charge on any atom is 0.422 e. The number of rotatable bonds is 8. The van der Waals surface area contributed by atoms with Crippen LogP contribution in [-0.2, 0) is 4.79 Å². The largest absolute Gasteiger partial charge is 0.493 e. The van der Waals surface area contributed by atoms with E-state index in [0.717, 1.165) is 5.56 Å². The van der Waals surface area contributed by atoms with Crippen LogP contribution >= 0.6 is 0 Å². The first kappa shape index (κ1) is 24.5. The average Bonchev–Trinajstić information content (AvgIpc) is 2.87. The topological polar surface area (TPSA) is 98.3 Å². The summed E-state index contributed by atoms with van der Waals surface area (Å²) in [7, 11) is 1.34. The second-order valence-electron chi connectivity index (χ2n) is 7.46. The van der Waals surface area contributed by atoms with Crippen molar-refractivity contribution in [3.63, 3.8) is 0 Å². The summed E-state index contributed by atoms with van der Waals surface area (Å²) in [6.45, 7) is -1.45. The molecule has 8 nitrogen and oxygen atoms in total. The van der Waals surface area contributed by atoms with E-state index in [9.17, 15) is 18.0 Å². The van der Waals surface area contributed by atoms with E-state index < -0.39 is 12.8 Å². The molecule has 0 saturated carbocycles. The number of benzene rings is 2. The van der Waals surface area contributed by atoms with Crippen molar-refractivity contribution >= 4 is 40.1 Å². The molecular formula is C25H20F3N5O3. The van der Waals surface area contributed by atoms with Crippen molar-refractivity contribution in [3.8, 4) is 11.5 Å². The first-order chi connectivity index (χ1) is 17.3. The molecule has 0 bridgehead atoms. The van der Waals surface area contributed by atoms with Crippen LogP contribution in [0.4, 0.5) is 30.4 Å². The minimum atomic E-state index is -4.48. The van der Waals surface area contributed by atoms with E-state index >= 15 is 0 Å². The molecule has 36 heavy (non-hydrogen) atoms. The predicted octanol–water partition coefficient (Wildman–Crippen LogP) is 5.37. The highest BCUT2D eigenvalue weighted by Crippen LogP contribution is 2.35. The van der Waals surface area contributed by atoms with Gasteiger partial charge in [0.2, 0.25) is 5.91 Å². The summed E-state index contributed by atoms with van der Waals surface area (Å²) in [5, 5.41) is 6.41. The van der Waals surface area contributed by atoms with Gasteiger partial charge in [0.15, 0.2) is 18.1 Å². The van der Waals surface area contributed by atoms with Gasteiger partial charge in [-0.25, -0.2) is 9.97 Å². The normalized spacial score (nSPS) is 11.4. The molecule has 0 spiro atoms. The minimum absolute atomic E-state index is 0.0734. The first-order valence-electron chi connectivity index (χ1n) is 10.6. The summed E-state index contributed by atoms with van der Waals surface area (Å²) in [6.07, 6.45) is 3.06. The zero-order valence-electron chi connectivity index (χ0n) is 18.9. The average molecular weight is 495 g/mol. The van der Waals surface area contributed by atoms with Crippen LogP contribution in [0.2, 0.25) is 0 Å². The SMILES string of the molecule is COc1cc2c(Nc3ccc(/C=C/C(=O)Nc4cccnc4)cc3)ncnc2cc1OCC(F)(F)F. The van der Waals surface area contributed by atoms with Crippen molar-refractivity contribution in [2.24, 2.45) is 0 Å². The van der Waals surface area contributed by atoms with Gasteiger partial charge < -0.3 is 20.1 Å². The molecule has 0 unspecified atom stereocenters. The van der Waals surface area contributed by atoms with Crippen LogP contribution in [0.25, 0.3) is 17.0 Å². The van der Waals surface area contributed by atoms with Gasteiger partial charge in [-0.05, 0) is 42.0 Å². The van der Waals surface area contributed by atoms with Gasteiger partial charge in [0.05, 0.1) is 24.5 Å². The van der Waals surface area contributed by atoms with Gasteiger partial charge in [0.1, 0.15) is 12.1 Å². The first-order valence-corrected chi connectivity index (χ1v) is 10.6. The molecule has 0 radical (unpaired) electrons. The number of carbonyl (C=O) groups is 1. The third kappa shape index (κ3) is 6.47. The lowest BCUT2D eigenvalue weighted by atomic mass is 10.1. The van der Waals surface area contributed by atoms with Crippen LogP contribution in [0.1, 0.15) is 5.56 Å². The molecule has 2 heterocycles. The standard InChI is InChI=1S/C25H20F3N5O3/c1-35-21-11-19-20(12-22(21)36-14-25(26,27)28)30-15-31-24(19)33-17-7-4-16(5-8-17)6-9-23(34)32-18-3-2-10-29-13-18/h2-13,15H,14H2,1H3,(H,32,34)(H,30,31,33)/b9-6+. The number of hydrogen-bond acceptors (Lipinski definition) is 7. The van der Waals surface area contributed by atoms with Gasteiger partial charge in [-0.2, -0.15) is 13.2 Å². The van der Waals surface area contributed by atoms with E-state index in [-0.39, 0.29) is 17.4 Å². The lowest BCUT2D eigenvalue weighted by Crippen LogP contribution is -2.19.